The van der Waals surface area contributed by atoms with Crippen LogP contribution < -0.4 is 11.1 Å². The van der Waals surface area contributed by atoms with E-state index >= 15 is 0 Å². The predicted molar refractivity (Wildman–Crippen MR) is 59.8 cm³/mol. The van der Waals surface area contributed by atoms with Gasteiger partial charge in [-0.25, -0.2) is 0 Å². The first-order chi connectivity index (χ1) is 7.50. The fraction of sp³-hybridized carbons (Fsp3) is 0.818. The first kappa shape index (κ1) is 13.0. The summed E-state index contributed by atoms with van der Waals surface area (Å²) in [5.74, 6) is -0.980. The Morgan fingerprint density at radius 2 is 2.19 bits per heavy atom. The van der Waals surface area contributed by atoms with E-state index in [1.165, 1.54) is 0 Å². The SMILES string of the molecule is CC1(C(=O)O)CCCCC1NC(=O)CCN. The number of carboxylic acids is 1. The topological polar surface area (TPSA) is 92.4 Å². The van der Waals surface area contributed by atoms with Crippen LogP contribution in [0.2, 0.25) is 0 Å². The van der Waals surface area contributed by atoms with E-state index in [4.69, 9.17) is 5.73 Å². The summed E-state index contributed by atoms with van der Waals surface area (Å²) in [6.07, 6.45) is 3.49. The molecule has 1 aliphatic carbocycles. The number of carbonyl (C=O) groups is 2. The Morgan fingerprint density at radius 3 is 2.75 bits per heavy atom. The lowest BCUT2D eigenvalue weighted by molar-refractivity contribution is -0.152. The van der Waals surface area contributed by atoms with Crippen molar-refractivity contribution in [3.8, 4) is 0 Å². The van der Waals surface area contributed by atoms with Gasteiger partial charge < -0.3 is 16.2 Å². The van der Waals surface area contributed by atoms with Crippen molar-refractivity contribution in [2.75, 3.05) is 6.54 Å². The molecule has 0 aromatic rings. The Morgan fingerprint density at radius 1 is 1.50 bits per heavy atom. The molecular formula is C11H20N2O3. The summed E-state index contributed by atoms with van der Waals surface area (Å²) in [6.45, 7) is 2.00. The number of hydrogen-bond donors (Lipinski definition) is 3. The maximum Gasteiger partial charge on any atom is 0.311 e. The second-order valence-electron chi connectivity index (χ2n) is 4.63. The maximum atomic E-state index is 11.4. The molecular weight excluding hydrogens is 208 g/mol. The Bertz CT molecular complexity index is 280. The number of nitrogens with two attached hydrogens (primary N) is 1. The van der Waals surface area contributed by atoms with Crippen LogP contribution in [0.1, 0.15) is 39.0 Å². The third-order valence-corrected chi connectivity index (χ3v) is 3.40. The van der Waals surface area contributed by atoms with Gasteiger partial charge in [-0.2, -0.15) is 0 Å². The lowest BCUT2D eigenvalue weighted by atomic mass is 9.71. The molecule has 5 nitrogen and oxygen atoms in total. The van der Waals surface area contributed by atoms with Crippen LogP contribution in [0, 0.1) is 5.41 Å². The average molecular weight is 228 g/mol. The van der Waals surface area contributed by atoms with E-state index in [2.05, 4.69) is 5.32 Å². The van der Waals surface area contributed by atoms with Gasteiger partial charge in [-0.1, -0.05) is 12.8 Å². The van der Waals surface area contributed by atoms with E-state index in [-0.39, 0.29) is 18.4 Å². The summed E-state index contributed by atoms with van der Waals surface area (Å²) < 4.78 is 0. The van der Waals surface area contributed by atoms with Crippen LogP contribution in [-0.4, -0.2) is 29.6 Å². The van der Waals surface area contributed by atoms with Crippen LogP contribution in [0.25, 0.3) is 0 Å². The second kappa shape index (κ2) is 5.30. The van der Waals surface area contributed by atoms with Crippen molar-refractivity contribution in [3.63, 3.8) is 0 Å². The molecule has 1 saturated carbocycles. The monoisotopic (exact) mass is 228 g/mol. The highest BCUT2D eigenvalue weighted by Crippen LogP contribution is 2.36. The van der Waals surface area contributed by atoms with Gasteiger partial charge in [-0.15, -0.1) is 0 Å². The predicted octanol–water partition coefficient (Wildman–Crippen LogP) is 0.485. The van der Waals surface area contributed by atoms with Crippen molar-refractivity contribution in [1.82, 2.24) is 5.32 Å². The van der Waals surface area contributed by atoms with E-state index in [0.29, 0.717) is 13.0 Å². The lowest BCUT2D eigenvalue weighted by Gasteiger charge is -2.38. The molecule has 1 amide bonds. The molecule has 2 atom stereocenters. The highest BCUT2D eigenvalue weighted by Gasteiger charge is 2.43. The zero-order valence-corrected chi connectivity index (χ0v) is 9.66. The minimum Gasteiger partial charge on any atom is -0.481 e. The molecule has 0 bridgehead atoms. The number of carbonyl (C=O) groups excluding carboxylic acids is 1. The van der Waals surface area contributed by atoms with Gasteiger partial charge in [-0.3, -0.25) is 9.59 Å². The zero-order valence-electron chi connectivity index (χ0n) is 9.66. The molecule has 4 N–H and O–H groups in total. The zero-order chi connectivity index (χ0) is 12.2. The van der Waals surface area contributed by atoms with Gasteiger partial charge in [0.1, 0.15) is 0 Å². The van der Waals surface area contributed by atoms with Gasteiger partial charge in [0.25, 0.3) is 0 Å². The average Bonchev–Trinajstić information content (AvgIpc) is 2.21. The molecule has 2 unspecified atom stereocenters. The van der Waals surface area contributed by atoms with Crippen molar-refractivity contribution in [1.29, 1.82) is 0 Å². The normalized spacial score (nSPS) is 29.8. The molecule has 1 rings (SSSR count). The third-order valence-electron chi connectivity index (χ3n) is 3.40. The van der Waals surface area contributed by atoms with E-state index in [1.54, 1.807) is 6.92 Å². The van der Waals surface area contributed by atoms with E-state index in [9.17, 15) is 14.7 Å². The smallest absolute Gasteiger partial charge is 0.311 e. The number of hydrogen-bond acceptors (Lipinski definition) is 3. The van der Waals surface area contributed by atoms with Crippen LogP contribution >= 0.6 is 0 Å². The van der Waals surface area contributed by atoms with E-state index < -0.39 is 11.4 Å². The van der Waals surface area contributed by atoms with Crippen LogP contribution in [-0.2, 0) is 9.59 Å². The highest BCUT2D eigenvalue weighted by molar-refractivity contribution is 5.80. The Labute approximate surface area is 95.4 Å². The summed E-state index contributed by atoms with van der Waals surface area (Å²) in [5.41, 5.74) is 4.45. The van der Waals surface area contributed by atoms with Crippen molar-refractivity contribution in [3.05, 3.63) is 0 Å². The lowest BCUT2D eigenvalue weighted by Crippen LogP contribution is -2.52. The minimum absolute atomic E-state index is 0.151. The molecule has 0 spiro atoms. The first-order valence-electron chi connectivity index (χ1n) is 5.73. The molecule has 0 aromatic carbocycles. The fourth-order valence-electron chi connectivity index (χ4n) is 2.22. The standard InChI is InChI=1S/C11H20N2O3/c1-11(10(15)16)6-3-2-4-8(11)13-9(14)5-7-12/h8H,2-7,12H2,1H3,(H,13,14)(H,15,16). The molecule has 0 saturated heterocycles. The molecule has 1 aliphatic rings. The van der Waals surface area contributed by atoms with Crippen LogP contribution in [0.15, 0.2) is 0 Å². The molecule has 1 fully saturated rings. The Hall–Kier alpha value is -1.10. The van der Waals surface area contributed by atoms with Gasteiger partial charge >= 0.3 is 5.97 Å². The van der Waals surface area contributed by atoms with Crippen LogP contribution in [0.4, 0.5) is 0 Å². The van der Waals surface area contributed by atoms with Gasteiger partial charge in [0.2, 0.25) is 5.91 Å². The highest BCUT2D eigenvalue weighted by atomic mass is 16.4. The first-order valence-corrected chi connectivity index (χ1v) is 5.73. The Balaban J connectivity index is 2.67. The molecule has 0 radical (unpaired) electrons. The summed E-state index contributed by atoms with van der Waals surface area (Å²) in [6, 6.07) is -0.266. The molecule has 16 heavy (non-hydrogen) atoms. The molecule has 92 valence electrons. The van der Waals surface area contributed by atoms with Crippen molar-refractivity contribution >= 4 is 11.9 Å². The van der Waals surface area contributed by atoms with Crippen molar-refractivity contribution in [2.45, 2.75) is 45.1 Å². The third kappa shape index (κ3) is 2.72. The molecule has 5 heteroatoms. The largest absolute Gasteiger partial charge is 0.481 e. The summed E-state index contributed by atoms with van der Waals surface area (Å²) in [7, 11) is 0. The van der Waals surface area contributed by atoms with Gasteiger partial charge in [0.15, 0.2) is 0 Å². The molecule has 0 aromatic heterocycles. The van der Waals surface area contributed by atoms with Crippen LogP contribution in [0.5, 0.6) is 0 Å². The fourth-order valence-corrected chi connectivity index (χ4v) is 2.22. The van der Waals surface area contributed by atoms with Gasteiger partial charge in [0, 0.05) is 19.0 Å². The number of amides is 1. The van der Waals surface area contributed by atoms with Crippen molar-refractivity contribution in [2.24, 2.45) is 11.1 Å². The van der Waals surface area contributed by atoms with Gasteiger partial charge in [0.05, 0.1) is 5.41 Å². The van der Waals surface area contributed by atoms with E-state index in [0.717, 1.165) is 19.3 Å². The summed E-state index contributed by atoms with van der Waals surface area (Å²) in [4.78, 5) is 22.7. The number of rotatable bonds is 4. The van der Waals surface area contributed by atoms with E-state index in [1.807, 2.05) is 0 Å². The Kier molecular flexibility index (Phi) is 4.29. The van der Waals surface area contributed by atoms with Crippen molar-refractivity contribution < 1.29 is 14.7 Å². The van der Waals surface area contributed by atoms with Gasteiger partial charge in [-0.05, 0) is 19.8 Å². The minimum atomic E-state index is -0.831. The number of nitrogens with one attached hydrogen (secondary N) is 1. The number of carboxylic acid groups (broad SMARTS) is 1. The maximum absolute atomic E-state index is 11.4. The summed E-state index contributed by atoms with van der Waals surface area (Å²) in [5, 5.41) is 12.0. The van der Waals surface area contributed by atoms with Crippen LogP contribution in [0.3, 0.4) is 0 Å². The quantitative estimate of drug-likeness (QED) is 0.652. The molecule has 0 heterocycles. The molecule has 0 aliphatic heterocycles. The number of aliphatic carboxylic acids is 1. The summed E-state index contributed by atoms with van der Waals surface area (Å²) >= 11 is 0. The second-order valence-corrected chi connectivity index (χ2v) is 4.63.